The average molecular weight is 445 g/mol. The SMILES string of the molecule is Cc1cccc(OCCNC(=O)C2CCN(S(=O)(=O)c3c(C)cc(C)cc3C)CC2)c1. The standard InChI is InChI=1S/C24H32N2O4S/c1-17-6-5-7-22(16-17)30-13-10-25-24(27)21-8-11-26(12-9-21)31(28,29)23-19(3)14-18(2)15-20(23)4/h5-7,14-16,21H,8-13H2,1-4H3,(H,25,27). The van der Waals surface area contributed by atoms with Crippen molar-refractivity contribution in [2.24, 2.45) is 5.92 Å². The third-order valence-corrected chi connectivity index (χ3v) is 7.89. The van der Waals surface area contributed by atoms with Crippen LogP contribution in [0, 0.1) is 33.6 Å². The van der Waals surface area contributed by atoms with E-state index >= 15 is 0 Å². The summed E-state index contributed by atoms with van der Waals surface area (Å²) >= 11 is 0. The number of amides is 1. The van der Waals surface area contributed by atoms with Crippen LogP contribution in [0.5, 0.6) is 5.75 Å². The van der Waals surface area contributed by atoms with E-state index in [0.29, 0.717) is 44.0 Å². The molecular weight excluding hydrogens is 412 g/mol. The van der Waals surface area contributed by atoms with Crippen molar-refractivity contribution in [3.05, 3.63) is 58.7 Å². The Balaban J connectivity index is 1.50. The number of ether oxygens (including phenoxy) is 1. The Kier molecular flexibility index (Phi) is 7.38. The second-order valence-electron chi connectivity index (χ2n) is 8.36. The molecule has 1 aliphatic heterocycles. The van der Waals surface area contributed by atoms with Crippen molar-refractivity contribution in [3.63, 3.8) is 0 Å². The number of benzene rings is 2. The molecule has 1 aliphatic rings. The fraction of sp³-hybridized carbons (Fsp3) is 0.458. The fourth-order valence-corrected chi connectivity index (χ4v) is 6.14. The van der Waals surface area contributed by atoms with Crippen LogP contribution in [0.15, 0.2) is 41.3 Å². The van der Waals surface area contributed by atoms with Crippen LogP contribution in [0.1, 0.15) is 35.1 Å². The van der Waals surface area contributed by atoms with E-state index < -0.39 is 10.0 Å². The van der Waals surface area contributed by atoms with Gasteiger partial charge in [-0.15, -0.1) is 0 Å². The summed E-state index contributed by atoms with van der Waals surface area (Å²) in [6.07, 6.45) is 1.04. The van der Waals surface area contributed by atoms with Gasteiger partial charge in [-0.25, -0.2) is 8.42 Å². The predicted molar refractivity (Wildman–Crippen MR) is 122 cm³/mol. The first kappa shape index (κ1) is 23.3. The van der Waals surface area contributed by atoms with Crippen molar-refractivity contribution in [1.82, 2.24) is 9.62 Å². The number of piperidine rings is 1. The zero-order valence-corrected chi connectivity index (χ0v) is 19.6. The average Bonchev–Trinajstić information content (AvgIpc) is 2.70. The minimum Gasteiger partial charge on any atom is -0.492 e. The van der Waals surface area contributed by atoms with Crippen molar-refractivity contribution in [2.45, 2.75) is 45.4 Å². The Morgan fingerprint density at radius 2 is 1.68 bits per heavy atom. The quantitative estimate of drug-likeness (QED) is 0.663. The van der Waals surface area contributed by atoms with Crippen molar-refractivity contribution >= 4 is 15.9 Å². The Hall–Kier alpha value is -2.38. The second-order valence-corrected chi connectivity index (χ2v) is 10.2. The molecule has 1 saturated heterocycles. The maximum absolute atomic E-state index is 13.2. The zero-order chi connectivity index (χ0) is 22.6. The predicted octanol–water partition coefficient (Wildman–Crippen LogP) is 3.52. The highest BCUT2D eigenvalue weighted by Gasteiger charge is 2.33. The van der Waals surface area contributed by atoms with Crippen LogP contribution < -0.4 is 10.1 Å². The molecule has 1 heterocycles. The lowest BCUT2D eigenvalue weighted by atomic mass is 9.97. The molecule has 7 heteroatoms. The minimum atomic E-state index is -3.56. The molecule has 0 unspecified atom stereocenters. The highest BCUT2D eigenvalue weighted by atomic mass is 32.2. The molecule has 3 rings (SSSR count). The number of aryl methyl sites for hydroxylation is 4. The van der Waals surface area contributed by atoms with Crippen LogP contribution in [-0.4, -0.2) is 44.9 Å². The maximum atomic E-state index is 13.2. The molecule has 6 nitrogen and oxygen atoms in total. The van der Waals surface area contributed by atoms with Crippen LogP contribution in [0.25, 0.3) is 0 Å². The molecule has 0 radical (unpaired) electrons. The van der Waals surface area contributed by atoms with Gasteiger partial charge in [0.2, 0.25) is 15.9 Å². The van der Waals surface area contributed by atoms with Crippen LogP contribution in [0.4, 0.5) is 0 Å². The van der Waals surface area contributed by atoms with Gasteiger partial charge in [0.05, 0.1) is 11.4 Å². The number of hydrogen-bond acceptors (Lipinski definition) is 4. The molecule has 0 saturated carbocycles. The summed E-state index contributed by atoms with van der Waals surface area (Å²) in [6.45, 7) is 9.17. The molecule has 2 aromatic rings. The summed E-state index contributed by atoms with van der Waals surface area (Å²) in [5.41, 5.74) is 3.71. The van der Waals surface area contributed by atoms with Gasteiger partial charge in [0.25, 0.3) is 0 Å². The van der Waals surface area contributed by atoms with Crippen LogP contribution >= 0.6 is 0 Å². The van der Waals surface area contributed by atoms with Crippen LogP contribution in [0.3, 0.4) is 0 Å². The highest BCUT2D eigenvalue weighted by Crippen LogP contribution is 2.28. The molecule has 0 aliphatic carbocycles. The Labute approximate surface area is 185 Å². The van der Waals surface area contributed by atoms with E-state index in [9.17, 15) is 13.2 Å². The number of carbonyl (C=O) groups is 1. The molecule has 168 valence electrons. The molecule has 31 heavy (non-hydrogen) atoms. The van der Waals surface area contributed by atoms with Gasteiger partial charge in [0.1, 0.15) is 12.4 Å². The molecule has 0 spiro atoms. The first-order valence-electron chi connectivity index (χ1n) is 10.7. The summed E-state index contributed by atoms with van der Waals surface area (Å²) in [6, 6.07) is 11.6. The first-order valence-corrected chi connectivity index (χ1v) is 12.2. The number of hydrogen-bond donors (Lipinski definition) is 1. The summed E-state index contributed by atoms with van der Waals surface area (Å²) in [4.78, 5) is 12.9. The van der Waals surface area contributed by atoms with E-state index in [2.05, 4.69) is 5.32 Å². The van der Waals surface area contributed by atoms with Crippen molar-refractivity contribution in [2.75, 3.05) is 26.2 Å². The Bertz CT molecular complexity index is 1020. The van der Waals surface area contributed by atoms with Gasteiger partial charge >= 0.3 is 0 Å². The normalized spacial score (nSPS) is 15.6. The number of nitrogens with zero attached hydrogens (tertiary/aromatic N) is 1. The fourth-order valence-electron chi connectivity index (χ4n) is 4.25. The van der Waals surface area contributed by atoms with E-state index in [1.807, 2.05) is 64.1 Å². The van der Waals surface area contributed by atoms with E-state index in [4.69, 9.17) is 4.74 Å². The number of nitrogens with one attached hydrogen (secondary N) is 1. The number of sulfonamides is 1. The monoisotopic (exact) mass is 444 g/mol. The van der Waals surface area contributed by atoms with Crippen LogP contribution in [-0.2, 0) is 14.8 Å². The number of carbonyl (C=O) groups excluding carboxylic acids is 1. The van der Waals surface area contributed by atoms with E-state index in [0.717, 1.165) is 28.0 Å². The highest BCUT2D eigenvalue weighted by molar-refractivity contribution is 7.89. The second kappa shape index (κ2) is 9.83. The van der Waals surface area contributed by atoms with E-state index in [1.165, 1.54) is 4.31 Å². The summed E-state index contributed by atoms with van der Waals surface area (Å²) in [5, 5.41) is 2.92. The molecule has 1 amide bonds. The van der Waals surface area contributed by atoms with Gasteiger partial charge < -0.3 is 10.1 Å². The third kappa shape index (κ3) is 5.66. The van der Waals surface area contributed by atoms with E-state index in [-0.39, 0.29) is 11.8 Å². The Morgan fingerprint density at radius 3 is 2.29 bits per heavy atom. The van der Waals surface area contributed by atoms with Crippen LogP contribution in [0.2, 0.25) is 0 Å². The maximum Gasteiger partial charge on any atom is 0.243 e. The third-order valence-electron chi connectivity index (χ3n) is 5.69. The molecule has 0 aromatic heterocycles. The number of rotatable bonds is 7. The van der Waals surface area contributed by atoms with Gasteiger partial charge in [-0.3, -0.25) is 4.79 Å². The lowest BCUT2D eigenvalue weighted by Crippen LogP contribution is -2.43. The molecule has 1 fully saturated rings. The van der Waals surface area contributed by atoms with Gasteiger partial charge in [-0.1, -0.05) is 29.8 Å². The zero-order valence-electron chi connectivity index (χ0n) is 18.8. The smallest absolute Gasteiger partial charge is 0.243 e. The Morgan fingerprint density at radius 1 is 1.03 bits per heavy atom. The molecule has 0 bridgehead atoms. The lowest BCUT2D eigenvalue weighted by Gasteiger charge is -2.31. The minimum absolute atomic E-state index is 0.0346. The van der Waals surface area contributed by atoms with Gasteiger partial charge in [-0.05, 0) is 69.4 Å². The summed E-state index contributed by atoms with van der Waals surface area (Å²) in [5.74, 6) is 0.577. The van der Waals surface area contributed by atoms with Crippen molar-refractivity contribution in [3.8, 4) is 5.75 Å². The van der Waals surface area contributed by atoms with Gasteiger partial charge in [0, 0.05) is 19.0 Å². The molecule has 1 N–H and O–H groups in total. The molecule has 2 aromatic carbocycles. The van der Waals surface area contributed by atoms with Gasteiger partial charge in [-0.2, -0.15) is 4.31 Å². The topological polar surface area (TPSA) is 75.7 Å². The summed E-state index contributed by atoms with van der Waals surface area (Å²) < 4.78 is 33.6. The molecular formula is C24H32N2O4S. The van der Waals surface area contributed by atoms with Gasteiger partial charge in [0.15, 0.2) is 0 Å². The molecule has 0 atom stereocenters. The van der Waals surface area contributed by atoms with E-state index in [1.54, 1.807) is 0 Å². The van der Waals surface area contributed by atoms with Crippen molar-refractivity contribution in [1.29, 1.82) is 0 Å². The van der Waals surface area contributed by atoms with Crippen molar-refractivity contribution < 1.29 is 17.9 Å². The summed E-state index contributed by atoms with van der Waals surface area (Å²) in [7, 11) is -3.56. The first-order chi connectivity index (χ1) is 14.7. The largest absolute Gasteiger partial charge is 0.492 e. The lowest BCUT2D eigenvalue weighted by molar-refractivity contribution is -0.126.